The third-order valence-corrected chi connectivity index (χ3v) is 3.48. The van der Waals surface area contributed by atoms with E-state index in [0.717, 1.165) is 5.56 Å². The second kappa shape index (κ2) is 4.90. The Bertz CT molecular complexity index is 516. The van der Waals surface area contributed by atoms with Crippen molar-refractivity contribution in [2.24, 2.45) is 5.73 Å². The predicted octanol–water partition coefficient (Wildman–Crippen LogP) is 0.287. The molecule has 0 radical (unpaired) electrons. The second-order valence-corrected chi connectivity index (χ2v) is 5.22. The highest BCUT2D eigenvalue weighted by Crippen LogP contribution is 2.28. The largest absolute Gasteiger partial charge is 0.493 e. The van der Waals surface area contributed by atoms with Crippen molar-refractivity contribution in [1.29, 1.82) is 5.26 Å². The second-order valence-electron chi connectivity index (χ2n) is 4.43. The zero-order valence-electron chi connectivity index (χ0n) is 9.81. The minimum absolute atomic E-state index is 0.0673. The molecule has 2 rings (SSSR count). The van der Waals surface area contributed by atoms with Crippen molar-refractivity contribution in [1.82, 2.24) is 0 Å². The molecule has 3 N–H and O–H groups in total. The van der Waals surface area contributed by atoms with Crippen molar-refractivity contribution in [2.75, 3.05) is 6.61 Å². The number of halogens is 1. The van der Waals surface area contributed by atoms with Crippen LogP contribution in [0.4, 0.5) is 0 Å². The molecule has 1 unspecified atom stereocenters. The Labute approximate surface area is 114 Å². The van der Waals surface area contributed by atoms with E-state index in [-0.39, 0.29) is 6.61 Å². The van der Waals surface area contributed by atoms with Crippen LogP contribution in [0.5, 0.6) is 5.75 Å². The number of nitrogens with zero attached hydrogens (tertiary/aromatic N) is 1. The van der Waals surface area contributed by atoms with Crippen LogP contribution in [0, 0.1) is 11.3 Å². The van der Waals surface area contributed by atoms with E-state index in [0.29, 0.717) is 22.3 Å². The first-order valence-corrected chi connectivity index (χ1v) is 6.18. The third-order valence-electron chi connectivity index (χ3n) is 2.66. The number of rotatable bonds is 3. The molecule has 1 aromatic rings. The van der Waals surface area contributed by atoms with Crippen LogP contribution in [0.2, 0.25) is 0 Å². The van der Waals surface area contributed by atoms with Crippen LogP contribution >= 0.6 is 15.9 Å². The van der Waals surface area contributed by atoms with Crippen LogP contribution in [-0.4, -0.2) is 24.3 Å². The third kappa shape index (κ3) is 2.52. The highest BCUT2D eigenvalue weighted by atomic mass is 79.9. The quantitative estimate of drug-likeness (QED) is 0.783. The lowest BCUT2D eigenvalue weighted by Gasteiger charge is -2.18. The smallest absolute Gasteiger partial charge is 0.489 e. The summed E-state index contributed by atoms with van der Waals surface area (Å²) >= 11 is 3.37. The maximum atomic E-state index is 9.68. The van der Waals surface area contributed by atoms with Gasteiger partial charge in [-0.05, 0) is 34.5 Å². The molecule has 18 heavy (non-hydrogen) atoms. The van der Waals surface area contributed by atoms with Crippen molar-refractivity contribution in [3.8, 4) is 11.8 Å². The van der Waals surface area contributed by atoms with E-state index >= 15 is 0 Å². The lowest BCUT2D eigenvalue weighted by molar-refractivity contribution is 0.263. The number of fused-ring (bicyclic) bond motifs is 1. The van der Waals surface area contributed by atoms with Gasteiger partial charge in [-0.15, -0.1) is 0 Å². The normalized spacial score (nSPS) is 16.9. The number of hydrogen-bond acceptors (Lipinski definition) is 5. The van der Waals surface area contributed by atoms with Crippen LogP contribution < -0.4 is 15.9 Å². The van der Waals surface area contributed by atoms with Crippen molar-refractivity contribution in [2.45, 2.75) is 19.1 Å². The van der Waals surface area contributed by atoms with Gasteiger partial charge in [0.2, 0.25) is 0 Å². The topological polar surface area (TPSA) is 88.5 Å². The van der Waals surface area contributed by atoms with Crippen molar-refractivity contribution >= 4 is 28.5 Å². The molecule has 0 spiro atoms. The van der Waals surface area contributed by atoms with Gasteiger partial charge in [0.25, 0.3) is 0 Å². The van der Waals surface area contributed by atoms with E-state index in [1.54, 1.807) is 13.0 Å². The van der Waals surface area contributed by atoms with E-state index in [1.165, 1.54) is 0 Å². The van der Waals surface area contributed by atoms with E-state index < -0.39 is 12.7 Å². The van der Waals surface area contributed by atoms with Crippen LogP contribution in [0.15, 0.2) is 16.6 Å². The SMILES string of the molecule is CC(N)(C#N)COc1ccc2c(c1Br)B(O)OC2. The van der Waals surface area contributed by atoms with Crippen LogP contribution in [0.1, 0.15) is 12.5 Å². The van der Waals surface area contributed by atoms with Gasteiger partial charge in [-0.2, -0.15) is 5.26 Å². The standard InChI is InChI=1S/C11H12BBrN2O3/c1-11(15,5-14)6-17-8-3-2-7-4-18-12(16)9(7)10(8)13/h2-3,16H,4,6,15H2,1H3. The molecular weight excluding hydrogens is 299 g/mol. The molecule has 0 saturated heterocycles. The zero-order chi connectivity index (χ0) is 13.3. The van der Waals surface area contributed by atoms with Crippen LogP contribution in [0.25, 0.3) is 0 Å². The monoisotopic (exact) mass is 310 g/mol. The molecule has 1 aliphatic rings. The van der Waals surface area contributed by atoms with Crippen LogP contribution in [0.3, 0.4) is 0 Å². The Hall–Kier alpha value is -1.07. The van der Waals surface area contributed by atoms with Gasteiger partial charge in [0.1, 0.15) is 17.9 Å². The number of benzene rings is 1. The molecule has 0 aliphatic carbocycles. The molecule has 0 amide bonds. The minimum atomic E-state index is -1.05. The number of ether oxygens (including phenoxy) is 1. The molecule has 1 aromatic carbocycles. The molecule has 0 fully saturated rings. The molecule has 1 atom stereocenters. The summed E-state index contributed by atoms with van der Waals surface area (Å²) in [5.74, 6) is 0.533. The van der Waals surface area contributed by atoms with Gasteiger partial charge in [0.15, 0.2) is 0 Å². The van der Waals surface area contributed by atoms with Crippen molar-refractivity contribution in [3.05, 3.63) is 22.2 Å². The first kappa shape index (κ1) is 13.4. The van der Waals surface area contributed by atoms with E-state index in [1.807, 2.05) is 12.1 Å². The van der Waals surface area contributed by atoms with Crippen molar-refractivity contribution in [3.63, 3.8) is 0 Å². The first-order valence-electron chi connectivity index (χ1n) is 5.38. The lowest BCUT2D eigenvalue weighted by Crippen LogP contribution is -2.41. The van der Waals surface area contributed by atoms with Gasteiger partial charge >= 0.3 is 7.12 Å². The highest BCUT2D eigenvalue weighted by Gasteiger charge is 2.31. The van der Waals surface area contributed by atoms with Gasteiger partial charge in [0, 0.05) is 5.46 Å². The fraction of sp³-hybridized carbons (Fsp3) is 0.364. The average molecular weight is 311 g/mol. The first-order chi connectivity index (χ1) is 8.44. The minimum Gasteiger partial charge on any atom is -0.489 e. The van der Waals surface area contributed by atoms with Gasteiger partial charge in [-0.3, -0.25) is 0 Å². The molecule has 0 saturated carbocycles. The Morgan fingerprint density at radius 1 is 1.72 bits per heavy atom. The number of hydrogen-bond donors (Lipinski definition) is 2. The predicted molar refractivity (Wildman–Crippen MR) is 70.2 cm³/mol. The summed E-state index contributed by atoms with van der Waals surface area (Å²) in [5, 5.41) is 18.5. The number of nitriles is 1. The molecule has 5 nitrogen and oxygen atoms in total. The van der Waals surface area contributed by atoms with E-state index in [4.69, 9.17) is 20.4 Å². The molecule has 0 aromatic heterocycles. The molecule has 7 heteroatoms. The summed E-state index contributed by atoms with van der Waals surface area (Å²) in [6.45, 7) is 2.03. The molecule has 94 valence electrons. The Morgan fingerprint density at radius 2 is 2.44 bits per heavy atom. The summed E-state index contributed by atoms with van der Waals surface area (Å²) in [6.07, 6.45) is 0. The maximum Gasteiger partial charge on any atom is 0.493 e. The number of nitrogens with two attached hydrogens (primary N) is 1. The van der Waals surface area contributed by atoms with Crippen LogP contribution in [-0.2, 0) is 11.3 Å². The fourth-order valence-corrected chi connectivity index (χ4v) is 2.33. The molecular formula is C11H12BBrN2O3. The van der Waals surface area contributed by atoms with E-state index in [2.05, 4.69) is 15.9 Å². The average Bonchev–Trinajstić information content (AvgIpc) is 2.71. The molecule has 0 bridgehead atoms. The highest BCUT2D eigenvalue weighted by molar-refractivity contribution is 9.10. The zero-order valence-corrected chi connectivity index (χ0v) is 11.4. The van der Waals surface area contributed by atoms with E-state index in [9.17, 15) is 5.02 Å². The van der Waals surface area contributed by atoms with Gasteiger partial charge in [0.05, 0.1) is 17.1 Å². The Kier molecular flexibility index (Phi) is 3.64. The summed E-state index contributed by atoms with van der Waals surface area (Å²) in [7, 11) is -0.946. The summed E-state index contributed by atoms with van der Waals surface area (Å²) < 4.78 is 11.3. The Balaban J connectivity index is 2.22. The fourth-order valence-electron chi connectivity index (χ4n) is 1.63. The maximum absolute atomic E-state index is 9.68. The lowest BCUT2D eigenvalue weighted by atomic mass is 9.79. The molecule has 1 aliphatic heterocycles. The summed E-state index contributed by atoms with van der Waals surface area (Å²) in [5.41, 5.74) is 6.21. The van der Waals surface area contributed by atoms with Gasteiger partial charge in [-0.25, -0.2) is 0 Å². The van der Waals surface area contributed by atoms with Gasteiger partial charge < -0.3 is 20.1 Å². The van der Waals surface area contributed by atoms with Crippen molar-refractivity contribution < 1.29 is 14.4 Å². The van der Waals surface area contributed by atoms with Gasteiger partial charge in [-0.1, -0.05) is 6.07 Å². The summed E-state index contributed by atoms with van der Waals surface area (Å²) in [6, 6.07) is 5.54. The molecule has 1 heterocycles. The Morgan fingerprint density at radius 3 is 3.11 bits per heavy atom. The summed E-state index contributed by atoms with van der Waals surface area (Å²) in [4.78, 5) is 0.